The van der Waals surface area contributed by atoms with Crippen molar-refractivity contribution < 1.29 is 8.42 Å². The number of piperazine rings is 1. The fourth-order valence-electron chi connectivity index (χ4n) is 2.13. The van der Waals surface area contributed by atoms with Gasteiger partial charge in [0.2, 0.25) is 0 Å². The van der Waals surface area contributed by atoms with Gasteiger partial charge in [-0.3, -0.25) is 0 Å². The number of hydrogen-bond donors (Lipinski definition) is 1. The molecule has 1 aromatic rings. The van der Waals surface area contributed by atoms with E-state index in [0.29, 0.717) is 17.3 Å². The van der Waals surface area contributed by atoms with E-state index < -0.39 is 10.0 Å². The van der Waals surface area contributed by atoms with Gasteiger partial charge in [-0.15, -0.1) is 23.7 Å². The van der Waals surface area contributed by atoms with Crippen LogP contribution in [0.1, 0.15) is 25.6 Å². The van der Waals surface area contributed by atoms with Gasteiger partial charge in [0.15, 0.2) is 0 Å². The largest absolute Gasteiger partial charge is 0.311 e. The molecule has 2 rings (SSSR count). The van der Waals surface area contributed by atoms with Gasteiger partial charge in [-0.05, 0) is 32.4 Å². The number of nitrogens with zero attached hydrogens (tertiary/aromatic N) is 1. The van der Waals surface area contributed by atoms with E-state index in [1.165, 1.54) is 11.3 Å². The van der Waals surface area contributed by atoms with Crippen LogP contribution in [0.4, 0.5) is 0 Å². The van der Waals surface area contributed by atoms with Crippen LogP contribution in [0.5, 0.6) is 0 Å². The van der Waals surface area contributed by atoms with E-state index in [0.717, 1.165) is 11.3 Å². The molecule has 1 aliphatic rings. The van der Waals surface area contributed by atoms with Crippen molar-refractivity contribution in [3.8, 4) is 0 Å². The summed E-state index contributed by atoms with van der Waals surface area (Å²) in [6.07, 6.45) is 0.883. The molecule has 0 radical (unpaired) electrons. The predicted octanol–water partition coefficient (Wildman–Crippen LogP) is 2.10. The molecular formula is C12H21ClN2O2S2. The molecule has 0 amide bonds. The van der Waals surface area contributed by atoms with E-state index in [2.05, 4.69) is 5.32 Å². The second-order valence-corrected chi connectivity index (χ2v) is 8.09. The first-order chi connectivity index (χ1) is 8.45. The Balaban J connectivity index is 0.00000180. The predicted molar refractivity (Wildman–Crippen MR) is 81.8 cm³/mol. The average Bonchev–Trinajstić information content (AvgIpc) is 2.81. The van der Waals surface area contributed by atoms with Crippen LogP contribution in [0.3, 0.4) is 0 Å². The summed E-state index contributed by atoms with van der Waals surface area (Å²) in [5.74, 6) is 0. The third-order valence-corrected chi connectivity index (χ3v) is 6.93. The van der Waals surface area contributed by atoms with E-state index in [1.807, 2.05) is 26.8 Å². The van der Waals surface area contributed by atoms with Crippen molar-refractivity contribution in [1.29, 1.82) is 0 Å². The molecule has 0 spiro atoms. The third-order valence-electron chi connectivity index (χ3n) is 3.26. The molecule has 2 heterocycles. The van der Waals surface area contributed by atoms with Gasteiger partial charge in [0.1, 0.15) is 4.21 Å². The van der Waals surface area contributed by atoms with Gasteiger partial charge in [0, 0.05) is 30.1 Å². The fraction of sp³-hybridized carbons (Fsp3) is 0.667. The van der Waals surface area contributed by atoms with Crippen LogP contribution in [0.15, 0.2) is 16.3 Å². The van der Waals surface area contributed by atoms with Crippen molar-refractivity contribution in [3.63, 3.8) is 0 Å². The summed E-state index contributed by atoms with van der Waals surface area (Å²) in [5.41, 5.74) is 0. The first-order valence-corrected chi connectivity index (χ1v) is 8.54. The van der Waals surface area contributed by atoms with Crippen molar-refractivity contribution in [2.45, 2.75) is 43.5 Å². The molecule has 1 aromatic heterocycles. The fourth-order valence-corrected chi connectivity index (χ4v) is 5.27. The molecule has 1 saturated heterocycles. The highest BCUT2D eigenvalue weighted by Crippen LogP contribution is 2.27. The number of halogens is 1. The summed E-state index contributed by atoms with van der Waals surface area (Å²) in [7, 11) is -3.32. The Bertz CT molecular complexity index is 516. The Labute approximate surface area is 125 Å². The number of nitrogens with one attached hydrogen (secondary N) is 1. The first kappa shape index (κ1) is 16.9. The molecule has 0 aliphatic carbocycles. The SMILES string of the molecule is CCc1ccc(S(=O)(=O)N2CC(C)NCC2C)s1.Cl. The number of rotatable bonds is 3. The number of thiophene rings is 1. The van der Waals surface area contributed by atoms with Gasteiger partial charge < -0.3 is 5.32 Å². The third kappa shape index (κ3) is 3.49. The summed E-state index contributed by atoms with van der Waals surface area (Å²) in [6, 6.07) is 3.87. The molecule has 1 N–H and O–H groups in total. The second kappa shape index (κ2) is 6.54. The lowest BCUT2D eigenvalue weighted by Crippen LogP contribution is -2.55. The standard InChI is InChI=1S/C12H20N2O2S2.ClH/c1-4-11-5-6-12(17-11)18(15,16)14-8-9(2)13-7-10(14)3;/h5-6,9-10,13H,4,7-8H2,1-3H3;1H. The maximum absolute atomic E-state index is 12.6. The maximum atomic E-state index is 12.6. The molecule has 7 heteroatoms. The molecule has 2 unspecified atom stereocenters. The van der Waals surface area contributed by atoms with Crippen molar-refractivity contribution >= 4 is 33.8 Å². The topological polar surface area (TPSA) is 49.4 Å². The van der Waals surface area contributed by atoms with Gasteiger partial charge in [-0.2, -0.15) is 4.31 Å². The number of sulfonamides is 1. The Hall–Kier alpha value is -0.140. The lowest BCUT2D eigenvalue weighted by molar-refractivity contribution is 0.245. The first-order valence-electron chi connectivity index (χ1n) is 6.29. The van der Waals surface area contributed by atoms with Crippen LogP contribution >= 0.6 is 23.7 Å². The van der Waals surface area contributed by atoms with Crippen LogP contribution in [0, 0.1) is 0 Å². The molecule has 2 atom stereocenters. The maximum Gasteiger partial charge on any atom is 0.252 e. The minimum Gasteiger partial charge on any atom is -0.311 e. The highest BCUT2D eigenvalue weighted by atomic mass is 35.5. The molecular weight excluding hydrogens is 304 g/mol. The molecule has 0 bridgehead atoms. The van der Waals surface area contributed by atoms with Gasteiger partial charge in [-0.1, -0.05) is 6.92 Å². The van der Waals surface area contributed by atoms with Crippen LogP contribution in [-0.2, 0) is 16.4 Å². The Kier molecular flexibility index (Phi) is 5.82. The van der Waals surface area contributed by atoms with E-state index >= 15 is 0 Å². The molecule has 4 nitrogen and oxygen atoms in total. The lowest BCUT2D eigenvalue weighted by Gasteiger charge is -2.36. The average molecular weight is 325 g/mol. The zero-order chi connectivity index (χ0) is 13.3. The Morgan fingerprint density at radius 1 is 1.42 bits per heavy atom. The Morgan fingerprint density at radius 2 is 2.11 bits per heavy atom. The summed E-state index contributed by atoms with van der Waals surface area (Å²) in [4.78, 5) is 1.12. The van der Waals surface area contributed by atoms with Gasteiger partial charge in [-0.25, -0.2) is 8.42 Å². The summed E-state index contributed by atoms with van der Waals surface area (Å²) >= 11 is 1.39. The van der Waals surface area contributed by atoms with Crippen LogP contribution < -0.4 is 5.32 Å². The lowest BCUT2D eigenvalue weighted by atomic mass is 10.2. The van der Waals surface area contributed by atoms with E-state index in [1.54, 1.807) is 10.4 Å². The normalized spacial score (nSPS) is 25.0. The highest BCUT2D eigenvalue weighted by Gasteiger charge is 2.34. The molecule has 1 fully saturated rings. The van der Waals surface area contributed by atoms with Crippen molar-refractivity contribution in [1.82, 2.24) is 9.62 Å². The Morgan fingerprint density at radius 3 is 2.68 bits per heavy atom. The summed E-state index contributed by atoms with van der Waals surface area (Å²) < 4.78 is 27.3. The monoisotopic (exact) mass is 324 g/mol. The minimum atomic E-state index is -3.32. The second-order valence-electron chi connectivity index (χ2n) is 4.81. The van der Waals surface area contributed by atoms with Gasteiger partial charge in [0.05, 0.1) is 0 Å². The van der Waals surface area contributed by atoms with E-state index in [9.17, 15) is 8.42 Å². The highest BCUT2D eigenvalue weighted by molar-refractivity contribution is 7.91. The van der Waals surface area contributed by atoms with Gasteiger partial charge >= 0.3 is 0 Å². The van der Waals surface area contributed by atoms with Crippen molar-refractivity contribution in [2.24, 2.45) is 0 Å². The van der Waals surface area contributed by atoms with Crippen molar-refractivity contribution in [3.05, 3.63) is 17.0 Å². The minimum absolute atomic E-state index is 0. The van der Waals surface area contributed by atoms with E-state index in [-0.39, 0.29) is 24.5 Å². The number of aryl methyl sites for hydroxylation is 1. The zero-order valence-corrected chi connectivity index (χ0v) is 13.9. The summed E-state index contributed by atoms with van der Waals surface area (Å²) in [5, 5.41) is 3.30. The molecule has 0 saturated carbocycles. The zero-order valence-electron chi connectivity index (χ0n) is 11.4. The van der Waals surface area contributed by atoms with Crippen LogP contribution in [0.25, 0.3) is 0 Å². The quantitative estimate of drug-likeness (QED) is 0.926. The smallest absolute Gasteiger partial charge is 0.252 e. The molecule has 0 aromatic carbocycles. The number of hydrogen-bond acceptors (Lipinski definition) is 4. The van der Waals surface area contributed by atoms with E-state index in [4.69, 9.17) is 0 Å². The molecule has 1 aliphatic heterocycles. The summed E-state index contributed by atoms with van der Waals surface area (Å²) in [6.45, 7) is 7.26. The molecule has 19 heavy (non-hydrogen) atoms. The molecule has 110 valence electrons. The van der Waals surface area contributed by atoms with Crippen LogP contribution in [-0.4, -0.2) is 37.9 Å². The van der Waals surface area contributed by atoms with Crippen LogP contribution in [0.2, 0.25) is 0 Å². The van der Waals surface area contributed by atoms with Gasteiger partial charge in [0.25, 0.3) is 10.0 Å². The van der Waals surface area contributed by atoms with Crippen molar-refractivity contribution in [2.75, 3.05) is 13.1 Å².